The van der Waals surface area contributed by atoms with E-state index < -0.39 is 9.84 Å². The van der Waals surface area contributed by atoms with E-state index in [0.29, 0.717) is 4.90 Å². The van der Waals surface area contributed by atoms with Gasteiger partial charge in [-0.05, 0) is 49.4 Å². The Bertz CT molecular complexity index is 742. The predicted molar refractivity (Wildman–Crippen MR) is 93.6 cm³/mol. The van der Waals surface area contributed by atoms with Gasteiger partial charge in [0.2, 0.25) is 0 Å². The summed E-state index contributed by atoms with van der Waals surface area (Å²) in [4.78, 5) is 2.59. The summed E-state index contributed by atoms with van der Waals surface area (Å²) in [6.07, 6.45) is 1.23. The number of benzene rings is 2. The van der Waals surface area contributed by atoms with Crippen LogP contribution in [0.15, 0.2) is 57.9 Å². The first-order valence-electron chi connectivity index (χ1n) is 7.02. The summed E-state index contributed by atoms with van der Waals surface area (Å²) >= 11 is 3.49. The first kappa shape index (κ1) is 17.2. The van der Waals surface area contributed by atoms with Gasteiger partial charge in [-0.25, -0.2) is 8.42 Å². The van der Waals surface area contributed by atoms with Crippen LogP contribution in [0.5, 0.6) is 0 Å². The summed E-state index contributed by atoms with van der Waals surface area (Å²) in [5, 5.41) is 0. The third-order valence-corrected chi connectivity index (χ3v) is 5.39. The van der Waals surface area contributed by atoms with Gasteiger partial charge >= 0.3 is 0 Å². The topological polar surface area (TPSA) is 37.4 Å². The van der Waals surface area contributed by atoms with E-state index in [4.69, 9.17) is 0 Å². The smallest absolute Gasteiger partial charge is 0.175 e. The third kappa shape index (κ3) is 4.41. The van der Waals surface area contributed by atoms with Crippen molar-refractivity contribution >= 4 is 25.8 Å². The van der Waals surface area contributed by atoms with Gasteiger partial charge < -0.3 is 0 Å². The highest BCUT2D eigenvalue weighted by Crippen LogP contribution is 2.23. The van der Waals surface area contributed by atoms with Crippen LogP contribution in [0.25, 0.3) is 0 Å². The molecule has 0 radical (unpaired) electrons. The Morgan fingerprint density at radius 1 is 1.14 bits per heavy atom. The van der Waals surface area contributed by atoms with Crippen molar-refractivity contribution < 1.29 is 8.42 Å². The first-order chi connectivity index (χ1) is 10.3. The van der Waals surface area contributed by atoms with Crippen molar-refractivity contribution in [1.29, 1.82) is 0 Å². The molecule has 2 aromatic carbocycles. The number of halogens is 1. The Kier molecular flexibility index (Phi) is 5.42. The molecular weight excluding hydrogens is 362 g/mol. The lowest BCUT2D eigenvalue weighted by Gasteiger charge is -2.25. The molecule has 0 unspecified atom stereocenters. The van der Waals surface area contributed by atoms with Crippen LogP contribution in [0.4, 0.5) is 0 Å². The fraction of sp³-hybridized carbons (Fsp3) is 0.294. The van der Waals surface area contributed by atoms with Crippen molar-refractivity contribution in [3.63, 3.8) is 0 Å². The molecule has 1 atom stereocenters. The van der Waals surface area contributed by atoms with Gasteiger partial charge in [-0.2, -0.15) is 0 Å². The molecule has 0 heterocycles. The summed E-state index contributed by atoms with van der Waals surface area (Å²) in [7, 11) is -1.07. The van der Waals surface area contributed by atoms with Crippen LogP contribution >= 0.6 is 15.9 Å². The van der Waals surface area contributed by atoms with Crippen molar-refractivity contribution in [2.75, 3.05) is 13.3 Å². The molecule has 0 bridgehead atoms. The summed E-state index contributed by atoms with van der Waals surface area (Å²) < 4.78 is 24.1. The normalized spacial score (nSPS) is 13.3. The number of hydrogen-bond acceptors (Lipinski definition) is 3. The summed E-state index contributed by atoms with van der Waals surface area (Å²) in [5.74, 6) is 0. The molecule has 3 nitrogen and oxygen atoms in total. The van der Waals surface area contributed by atoms with E-state index >= 15 is 0 Å². The molecule has 22 heavy (non-hydrogen) atoms. The zero-order valence-electron chi connectivity index (χ0n) is 13.0. The quantitative estimate of drug-likeness (QED) is 0.783. The van der Waals surface area contributed by atoms with Gasteiger partial charge in [-0.3, -0.25) is 4.90 Å². The Balaban J connectivity index is 2.12. The molecule has 0 N–H and O–H groups in total. The Morgan fingerprint density at radius 2 is 1.77 bits per heavy atom. The monoisotopic (exact) mass is 381 g/mol. The lowest BCUT2D eigenvalue weighted by Crippen LogP contribution is -2.22. The van der Waals surface area contributed by atoms with Crippen LogP contribution in [-0.2, 0) is 16.4 Å². The van der Waals surface area contributed by atoms with Crippen molar-refractivity contribution in [1.82, 2.24) is 4.90 Å². The van der Waals surface area contributed by atoms with Crippen molar-refractivity contribution in [3.05, 3.63) is 64.1 Å². The summed E-state index contributed by atoms with van der Waals surface area (Å²) in [6, 6.07) is 15.6. The molecule has 0 saturated heterocycles. The molecule has 118 valence electrons. The maximum atomic E-state index is 11.5. The molecule has 0 aliphatic heterocycles. The van der Waals surface area contributed by atoms with Gasteiger partial charge in [0.05, 0.1) is 4.90 Å². The molecular formula is C17H20BrNO2S. The highest BCUT2D eigenvalue weighted by molar-refractivity contribution is 9.10. The van der Waals surface area contributed by atoms with Crippen LogP contribution in [0, 0.1) is 0 Å². The van der Waals surface area contributed by atoms with Crippen molar-refractivity contribution in [2.45, 2.75) is 24.4 Å². The van der Waals surface area contributed by atoms with E-state index in [1.165, 1.54) is 11.8 Å². The lowest BCUT2D eigenvalue weighted by atomic mass is 10.1. The van der Waals surface area contributed by atoms with Gasteiger partial charge in [-0.15, -0.1) is 0 Å². The van der Waals surface area contributed by atoms with Crippen molar-refractivity contribution in [2.24, 2.45) is 0 Å². The second-order valence-corrected chi connectivity index (χ2v) is 8.49. The lowest BCUT2D eigenvalue weighted by molar-refractivity contribution is 0.253. The van der Waals surface area contributed by atoms with E-state index in [1.54, 1.807) is 12.1 Å². The van der Waals surface area contributed by atoms with Gasteiger partial charge in [0.25, 0.3) is 0 Å². The van der Waals surface area contributed by atoms with E-state index in [0.717, 1.165) is 16.6 Å². The molecule has 0 fully saturated rings. The maximum absolute atomic E-state index is 11.5. The van der Waals surface area contributed by atoms with Gasteiger partial charge in [0, 0.05) is 23.3 Å². The zero-order valence-corrected chi connectivity index (χ0v) is 15.4. The number of hydrogen-bond donors (Lipinski definition) is 0. The van der Waals surface area contributed by atoms with Crippen LogP contribution < -0.4 is 0 Å². The SMILES string of the molecule is C[C@H](c1ccc(S(C)(=O)=O)cc1)N(C)Cc1cccc(Br)c1. The van der Waals surface area contributed by atoms with E-state index in [-0.39, 0.29) is 6.04 Å². The molecule has 0 spiro atoms. The van der Waals surface area contributed by atoms with Crippen LogP contribution in [0.1, 0.15) is 24.1 Å². The molecule has 2 aromatic rings. The van der Waals surface area contributed by atoms with Crippen LogP contribution in [0.3, 0.4) is 0 Å². The average molecular weight is 382 g/mol. The highest BCUT2D eigenvalue weighted by Gasteiger charge is 2.13. The number of nitrogens with zero attached hydrogens (tertiary/aromatic N) is 1. The van der Waals surface area contributed by atoms with Gasteiger partial charge in [0.15, 0.2) is 9.84 Å². The highest BCUT2D eigenvalue weighted by atomic mass is 79.9. The van der Waals surface area contributed by atoms with Crippen LogP contribution in [0.2, 0.25) is 0 Å². The van der Waals surface area contributed by atoms with E-state index in [1.807, 2.05) is 24.3 Å². The Labute approximate surface area is 141 Å². The van der Waals surface area contributed by atoms with Crippen molar-refractivity contribution in [3.8, 4) is 0 Å². The second kappa shape index (κ2) is 6.94. The second-order valence-electron chi connectivity index (χ2n) is 5.56. The fourth-order valence-electron chi connectivity index (χ4n) is 2.31. The molecule has 0 aliphatic carbocycles. The maximum Gasteiger partial charge on any atom is 0.175 e. The largest absolute Gasteiger partial charge is 0.295 e. The summed E-state index contributed by atoms with van der Waals surface area (Å²) in [5.41, 5.74) is 2.33. The van der Waals surface area contributed by atoms with E-state index in [9.17, 15) is 8.42 Å². The number of sulfone groups is 1. The minimum absolute atomic E-state index is 0.201. The van der Waals surface area contributed by atoms with E-state index in [2.05, 4.69) is 46.9 Å². The zero-order chi connectivity index (χ0) is 16.3. The predicted octanol–water partition coefficient (Wildman–Crippen LogP) is 4.05. The third-order valence-electron chi connectivity index (χ3n) is 3.77. The molecule has 0 aromatic heterocycles. The van der Waals surface area contributed by atoms with Gasteiger partial charge in [-0.1, -0.05) is 40.2 Å². The standard InChI is InChI=1S/C17H20BrNO2S/c1-13(15-7-9-17(10-8-15)22(3,20)21)19(2)12-14-5-4-6-16(18)11-14/h4-11,13H,12H2,1-3H3/t13-/m1/s1. The molecule has 0 amide bonds. The minimum Gasteiger partial charge on any atom is -0.295 e. The Morgan fingerprint density at radius 3 is 2.32 bits per heavy atom. The number of rotatable bonds is 5. The molecule has 0 aliphatic rings. The molecule has 2 rings (SSSR count). The Hall–Kier alpha value is -1.17. The van der Waals surface area contributed by atoms with Crippen LogP contribution in [-0.4, -0.2) is 26.6 Å². The molecule has 5 heteroatoms. The first-order valence-corrected chi connectivity index (χ1v) is 9.70. The summed E-state index contributed by atoms with van der Waals surface area (Å²) in [6.45, 7) is 2.95. The minimum atomic E-state index is -3.14. The average Bonchev–Trinajstić information content (AvgIpc) is 2.45. The fourth-order valence-corrected chi connectivity index (χ4v) is 3.39. The molecule has 0 saturated carbocycles. The van der Waals surface area contributed by atoms with Gasteiger partial charge in [0.1, 0.15) is 0 Å².